The molecule has 9 heteroatoms. The molecule has 6 nitrogen and oxygen atoms in total. The standard InChI is InChI=1S/C31H36N2O4S3/c1-3-5-17-39(35)22-26(23-40(36)18-6-4-2)37-30(34)21-38-31-28(20-32)27(24-13-9-7-10-14-24)19-29(33-31)25-15-11-8-12-16-25/h7-16,19,26H,3-6,17-18,21-23H2,1-2H3. The van der Waals surface area contributed by atoms with Crippen LogP contribution in [0.3, 0.4) is 0 Å². The number of carbonyl (C=O) groups is 1. The lowest BCUT2D eigenvalue weighted by atomic mass is 9.99. The third-order valence-corrected chi connectivity index (χ3v) is 10.00. The Balaban J connectivity index is 1.82. The number of ether oxygens (including phenoxy) is 1. The van der Waals surface area contributed by atoms with E-state index in [9.17, 15) is 18.5 Å². The van der Waals surface area contributed by atoms with Gasteiger partial charge in [0.25, 0.3) is 0 Å². The Morgan fingerprint density at radius 3 is 2.00 bits per heavy atom. The summed E-state index contributed by atoms with van der Waals surface area (Å²) in [7, 11) is -2.31. The van der Waals surface area contributed by atoms with Crippen molar-refractivity contribution in [3.8, 4) is 28.5 Å². The molecule has 0 N–H and O–H groups in total. The normalized spacial score (nSPS) is 13.2. The minimum absolute atomic E-state index is 0.0756. The molecule has 3 rings (SSSR count). The first-order valence-electron chi connectivity index (χ1n) is 13.5. The summed E-state index contributed by atoms with van der Waals surface area (Å²) < 4.78 is 30.9. The summed E-state index contributed by atoms with van der Waals surface area (Å²) in [5.74, 6) is 0.839. The smallest absolute Gasteiger partial charge is 0.316 e. The van der Waals surface area contributed by atoms with E-state index in [2.05, 4.69) is 6.07 Å². The lowest BCUT2D eigenvalue weighted by molar-refractivity contribution is -0.143. The average Bonchev–Trinajstić information content (AvgIpc) is 2.98. The SMILES string of the molecule is CCCCS(=O)CC(CS(=O)CCCC)OC(=O)CSc1nc(-c2ccccc2)cc(-c2ccccc2)c1C#N. The maximum atomic E-state index is 13.0. The van der Waals surface area contributed by atoms with Gasteiger partial charge in [0.05, 0.1) is 28.5 Å². The zero-order valence-corrected chi connectivity index (χ0v) is 25.5. The van der Waals surface area contributed by atoms with E-state index in [1.54, 1.807) is 0 Å². The number of thioether (sulfide) groups is 1. The maximum absolute atomic E-state index is 13.0. The molecule has 0 amide bonds. The maximum Gasteiger partial charge on any atom is 0.316 e. The van der Waals surface area contributed by atoms with E-state index in [1.165, 1.54) is 0 Å². The fraction of sp³-hybridized carbons (Fsp3) is 0.387. The Morgan fingerprint density at radius 2 is 1.48 bits per heavy atom. The second-order valence-electron chi connectivity index (χ2n) is 9.31. The number of nitriles is 1. The third kappa shape index (κ3) is 9.99. The zero-order chi connectivity index (χ0) is 28.7. The number of unbranched alkanes of at least 4 members (excludes halogenated alkanes) is 2. The van der Waals surface area contributed by atoms with Gasteiger partial charge < -0.3 is 4.74 Å². The van der Waals surface area contributed by atoms with Crippen LogP contribution < -0.4 is 0 Å². The van der Waals surface area contributed by atoms with Crippen molar-refractivity contribution in [1.82, 2.24) is 4.98 Å². The van der Waals surface area contributed by atoms with Gasteiger partial charge in [0, 0.05) is 44.2 Å². The van der Waals surface area contributed by atoms with E-state index in [0.717, 1.165) is 54.1 Å². The Hall–Kier alpha value is -2.80. The van der Waals surface area contributed by atoms with E-state index in [0.29, 0.717) is 27.8 Å². The predicted molar refractivity (Wildman–Crippen MR) is 166 cm³/mol. The molecule has 3 aromatic rings. The van der Waals surface area contributed by atoms with Crippen molar-refractivity contribution < 1.29 is 17.9 Å². The second-order valence-corrected chi connectivity index (χ2v) is 13.5. The number of rotatable bonds is 16. The van der Waals surface area contributed by atoms with Gasteiger partial charge in [-0.25, -0.2) is 4.98 Å². The predicted octanol–water partition coefficient (Wildman–Crippen LogP) is 6.39. The van der Waals surface area contributed by atoms with Crippen LogP contribution in [0.4, 0.5) is 0 Å². The van der Waals surface area contributed by atoms with E-state index in [4.69, 9.17) is 9.72 Å². The molecule has 0 fully saturated rings. The molecule has 40 heavy (non-hydrogen) atoms. The van der Waals surface area contributed by atoms with Gasteiger partial charge >= 0.3 is 5.97 Å². The minimum Gasteiger partial charge on any atom is -0.460 e. The summed E-state index contributed by atoms with van der Waals surface area (Å²) in [6, 6.07) is 23.5. The molecular formula is C31H36N2O4S3. The Morgan fingerprint density at radius 1 is 0.925 bits per heavy atom. The largest absolute Gasteiger partial charge is 0.460 e. The second kappa shape index (κ2) is 17.1. The van der Waals surface area contributed by atoms with Gasteiger partial charge in [-0.1, -0.05) is 99.1 Å². The van der Waals surface area contributed by atoms with Crippen LogP contribution in [0, 0.1) is 11.3 Å². The zero-order valence-electron chi connectivity index (χ0n) is 23.0. The van der Waals surface area contributed by atoms with Crippen molar-refractivity contribution >= 4 is 39.3 Å². The molecule has 0 saturated heterocycles. The van der Waals surface area contributed by atoms with E-state index in [1.807, 2.05) is 80.6 Å². The molecule has 0 spiro atoms. The van der Waals surface area contributed by atoms with Gasteiger partial charge in [-0.05, 0) is 24.5 Å². The molecule has 1 heterocycles. The lowest BCUT2D eigenvalue weighted by Gasteiger charge is -2.18. The number of hydrogen-bond acceptors (Lipinski definition) is 7. The van der Waals surface area contributed by atoms with Gasteiger partial charge in [0.15, 0.2) is 0 Å². The summed E-state index contributed by atoms with van der Waals surface area (Å²) in [6.45, 7) is 4.07. The molecule has 212 valence electrons. The highest BCUT2D eigenvalue weighted by Gasteiger charge is 2.22. The topological polar surface area (TPSA) is 97.1 Å². The number of aromatic nitrogens is 1. The number of benzene rings is 2. The van der Waals surface area contributed by atoms with Crippen molar-refractivity contribution in [3.05, 3.63) is 72.3 Å². The first-order chi connectivity index (χ1) is 19.4. The molecule has 2 aromatic carbocycles. The number of carbonyl (C=O) groups excluding carboxylic acids is 1. The van der Waals surface area contributed by atoms with Crippen molar-refractivity contribution in [2.75, 3.05) is 28.8 Å². The first kappa shape index (κ1) is 31.7. The van der Waals surface area contributed by atoms with Crippen LogP contribution in [0.1, 0.15) is 45.1 Å². The molecule has 0 radical (unpaired) electrons. The average molecular weight is 597 g/mol. The van der Waals surface area contributed by atoms with Crippen molar-refractivity contribution in [3.63, 3.8) is 0 Å². The van der Waals surface area contributed by atoms with E-state index >= 15 is 0 Å². The highest BCUT2D eigenvalue weighted by Crippen LogP contribution is 2.34. The van der Waals surface area contributed by atoms with Crippen molar-refractivity contribution in [2.45, 2.75) is 50.7 Å². The van der Waals surface area contributed by atoms with E-state index in [-0.39, 0.29) is 17.3 Å². The lowest BCUT2D eigenvalue weighted by Crippen LogP contribution is -2.32. The van der Waals surface area contributed by atoms with Crippen LogP contribution in [-0.2, 0) is 31.1 Å². The Kier molecular flexibility index (Phi) is 13.6. The van der Waals surface area contributed by atoms with Crippen LogP contribution in [0.5, 0.6) is 0 Å². The van der Waals surface area contributed by atoms with Gasteiger partial charge in [-0.15, -0.1) is 0 Å². The summed E-state index contributed by atoms with van der Waals surface area (Å²) in [6.07, 6.45) is 2.83. The van der Waals surface area contributed by atoms with E-state index < -0.39 is 33.7 Å². The van der Waals surface area contributed by atoms with Gasteiger partial charge in [0.1, 0.15) is 17.2 Å². The Labute approximate surface area is 246 Å². The fourth-order valence-electron chi connectivity index (χ4n) is 3.99. The molecule has 0 aliphatic carbocycles. The first-order valence-corrected chi connectivity index (χ1v) is 17.5. The molecule has 1 aromatic heterocycles. The third-order valence-electron chi connectivity index (χ3n) is 6.07. The monoisotopic (exact) mass is 596 g/mol. The highest BCUT2D eigenvalue weighted by atomic mass is 32.2. The summed E-state index contributed by atoms with van der Waals surface area (Å²) >= 11 is 1.15. The quantitative estimate of drug-likeness (QED) is 0.140. The number of nitrogens with zero attached hydrogens (tertiary/aromatic N) is 2. The molecule has 2 atom stereocenters. The van der Waals surface area contributed by atoms with Crippen molar-refractivity contribution in [1.29, 1.82) is 5.26 Å². The Bertz CT molecular complexity index is 1310. The van der Waals surface area contributed by atoms with Crippen LogP contribution in [0.15, 0.2) is 71.8 Å². The molecule has 2 unspecified atom stereocenters. The number of pyridine rings is 1. The van der Waals surface area contributed by atoms with Gasteiger partial charge in [-0.2, -0.15) is 5.26 Å². The van der Waals surface area contributed by atoms with Crippen LogP contribution >= 0.6 is 11.8 Å². The van der Waals surface area contributed by atoms with Gasteiger partial charge in [-0.3, -0.25) is 13.2 Å². The summed E-state index contributed by atoms with van der Waals surface area (Å²) in [4.78, 5) is 17.7. The minimum atomic E-state index is -1.16. The van der Waals surface area contributed by atoms with Crippen molar-refractivity contribution in [2.24, 2.45) is 0 Å². The number of esters is 1. The van der Waals surface area contributed by atoms with Crippen LogP contribution in [-0.4, -0.2) is 54.2 Å². The summed E-state index contributed by atoms with van der Waals surface area (Å²) in [5, 5.41) is 10.5. The van der Waals surface area contributed by atoms with Crippen LogP contribution in [0.2, 0.25) is 0 Å². The molecule has 0 bridgehead atoms. The van der Waals surface area contributed by atoms with Gasteiger partial charge in [0.2, 0.25) is 0 Å². The summed E-state index contributed by atoms with van der Waals surface area (Å²) in [5.41, 5.74) is 3.61. The molecule has 0 aliphatic rings. The highest BCUT2D eigenvalue weighted by molar-refractivity contribution is 8.00. The van der Waals surface area contributed by atoms with Crippen LogP contribution in [0.25, 0.3) is 22.4 Å². The molecular weight excluding hydrogens is 561 g/mol. The number of hydrogen-bond donors (Lipinski definition) is 0. The molecule has 0 saturated carbocycles. The molecule has 0 aliphatic heterocycles. The fourth-order valence-corrected chi connectivity index (χ4v) is 7.68.